The fraction of sp³-hybridized carbons (Fsp3) is 0.458. The van der Waals surface area contributed by atoms with E-state index >= 15 is 0 Å². The number of benzene rings is 4. The molecule has 4 aromatic carbocycles. The molecule has 2 amide bonds. The standard InChI is InChI=1S/C48H56N4O4/c1-56-44-28-38(12-15-42(44)46-40(35-5-3-2-4-6-35)14-9-36-27-39(53)13-16-41(36)46)52-25-21-48(22-26-52)29-32(30-48)31-51-23-19-34(20-24-51)33-7-10-37(11-8-33)49-43-17-18-45(54)50-47(43)55/h2-8,10-13,15-16,27-28,32,34,40,43,46,49,53H,9,14,17-26,29-31H2,1H3,(H,50,54,55)/t40-,43-,46+/m1/s1. The molecule has 3 aliphatic heterocycles. The van der Waals surface area contributed by atoms with Gasteiger partial charge in [-0.2, -0.15) is 0 Å². The molecule has 2 aliphatic carbocycles. The van der Waals surface area contributed by atoms with Crippen molar-refractivity contribution in [1.29, 1.82) is 0 Å². The molecule has 56 heavy (non-hydrogen) atoms. The van der Waals surface area contributed by atoms with Crippen LogP contribution in [0.25, 0.3) is 0 Å². The van der Waals surface area contributed by atoms with Crippen LogP contribution in [-0.4, -0.2) is 67.7 Å². The van der Waals surface area contributed by atoms with Crippen LogP contribution in [0.2, 0.25) is 0 Å². The van der Waals surface area contributed by atoms with Gasteiger partial charge in [0.2, 0.25) is 11.8 Å². The van der Waals surface area contributed by atoms with Gasteiger partial charge >= 0.3 is 0 Å². The monoisotopic (exact) mass is 752 g/mol. The number of ether oxygens (including phenoxy) is 1. The summed E-state index contributed by atoms with van der Waals surface area (Å²) in [5.41, 5.74) is 9.21. The third-order valence-corrected chi connectivity index (χ3v) is 14.1. The number of hydrogen-bond donors (Lipinski definition) is 3. The van der Waals surface area contributed by atoms with Gasteiger partial charge in [-0.25, -0.2) is 0 Å². The number of piperidine rings is 3. The summed E-state index contributed by atoms with van der Waals surface area (Å²) in [6, 6.07) is 32.0. The number of phenolic OH excluding ortho intramolecular Hbond substituents is 1. The van der Waals surface area contributed by atoms with Gasteiger partial charge < -0.3 is 25.0 Å². The molecule has 3 saturated heterocycles. The lowest BCUT2D eigenvalue weighted by Crippen LogP contribution is -2.50. The number of rotatable bonds is 9. The van der Waals surface area contributed by atoms with Crippen LogP contribution in [0.15, 0.2) is 91.0 Å². The third-order valence-electron chi connectivity index (χ3n) is 14.1. The Hall–Kier alpha value is -4.82. The van der Waals surface area contributed by atoms with Crippen molar-refractivity contribution >= 4 is 23.2 Å². The molecule has 292 valence electrons. The number of phenols is 1. The van der Waals surface area contributed by atoms with Gasteiger partial charge in [-0.15, -0.1) is 0 Å². The smallest absolute Gasteiger partial charge is 0.249 e. The van der Waals surface area contributed by atoms with Crippen LogP contribution in [0, 0.1) is 11.3 Å². The minimum Gasteiger partial charge on any atom is -0.508 e. The lowest BCUT2D eigenvalue weighted by molar-refractivity contribution is -0.133. The van der Waals surface area contributed by atoms with E-state index in [9.17, 15) is 14.7 Å². The largest absolute Gasteiger partial charge is 0.508 e. The van der Waals surface area contributed by atoms with Crippen LogP contribution in [0.1, 0.15) is 103 Å². The first kappa shape index (κ1) is 36.8. The van der Waals surface area contributed by atoms with Crippen LogP contribution < -0.4 is 20.3 Å². The molecular weight excluding hydrogens is 697 g/mol. The number of nitrogens with one attached hydrogen (secondary N) is 2. The van der Waals surface area contributed by atoms with Crippen LogP contribution in [0.4, 0.5) is 11.4 Å². The zero-order chi connectivity index (χ0) is 38.2. The highest BCUT2D eigenvalue weighted by Crippen LogP contribution is 2.54. The van der Waals surface area contributed by atoms with Crippen molar-refractivity contribution < 1.29 is 19.4 Å². The summed E-state index contributed by atoms with van der Waals surface area (Å²) in [6.45, 7) is 5.76. The van der Waals surface area contributed by atoms with Gasteiger partial charge in [-0.05, 0) is 147 Å². The van der Waals surface area contributed by atoms with Gasteiger partial charge in [0.25, 0.3) is 0 Å². The highest BCUT2D eigenvalue weighted by Gasteiger charge is 2.46. The fourth-order valence-electron chi connectivity index (χ4n) is 11.0. The first-order chi connectivity index (χ1) is 27.3. The van der Waals surface area contributed by atoms with Gasteiger partial charge in [-0.1, -0.05) is 54.6 Å². The Kier molecular flexibility index (Phi) is 10.3. The predicted octanol–water partition coefficient (Wildman–Crippen LogP) is 8.36. The Balaban J connectivity index is 0.770. The van der Waals surface area contributed by atoms with Crippen molar-refractivity contribution in [3.8, 4) is 11.5 Å². The van der Waals surface area contributed by atoms with Crippen LogP contribution in [-0.2, 0) is 16.0 Å². The molecule has 3 N–H and O–H groups in total. The quantitative estimate of drug-likeness (QED) is 0.148. The van der Waals surface area contributed by atoms with Crippen LogP contribution in [0.3, 0.4) is 0 Å². The number of carbonyl (C=O) groups is 2. The average Bonchev–Trinajstić information content (AvgIpc) is 3.22. The van der Waals surface area contributed by atoms with E-state index < -0.39 is 0 Å². The molecule has 8 nitrogen and oxygen atoms in total. The molecule has 0 bridgehead atoms. The van der Waals surface area contributed by atoms with Gasteiger partial charge in [0.15, 0.2) is 0 Å². The lowest BCUT2D eigenvalue weighted by atomic mass is 9.57. The summed E-state index contributed by atoms with van der Waals surface area (Å²) in [4.78, 5) is 28.9. The summed E-state index contributed by atoms with van der Waals surface area (Å²) in [6.07, 6.45) is 10.6. The molecular formula is C48H56N4O4. The number of methoxy groups -OCH3 is 1. The van der Waals surface area contributed by atoms with Crippen LogP contribution >= 0.6 is 0 Å². The van der Waals surface area contributed by atoms with Crippen molar-refractivity contribution in [2.45, 2.75) is 88.0 Å². The van der Waals surface area contributed by atoms with Gasteiger partial charge in [0.1, 0.15) is 17.5 Å². The Labute approximate surface area is 331 Å². The highest BCUT2D eigenvalue weighted by atomic mass is 16.5. The van der Waals surface area contributed by atoms with Gasteiger partial charge in [-0.3, -0.25) is 14.9 Å². The lowest BCUT2D eigenvalue weighted by Gasteiger charge is -2.54. The second-order valence-electron chi connectivity index (χ2n) is 17.4. The average molecular weight is 753 g/mol. The van der Waals surface area contributed by atoms with E-state index in [0.717, 1.165) is 56.4 Å². The number of likely N-dealkylation sites (tertiary alicyclic amines) is 1. The Morgan fingerprint density at radius 1 is 0.804 bits per heavy atom. The maximum absolute atomic E-state index is 12.1. The summed E-state index contributed by atoms with van der Waals surface area (Å²) < 4.78 is 6.18. The van der Waals surface area contributed by atoms with Gasteiger partial charge in [0.05, 0.1) is 7.11 Å². The van der Waals surface area contributed by atoms with E-state index in [-0.39, 0.29) is 23.8 Å². The number of nitrogens with zero attached hydrogens (tertiary/aromatic N) is 2. The highest BCUT2D eigenvalue weighted by molar-refractivity contribution is 6.01. The van der Waals surface area contributed by atoms with E-state index in [1.165, 1.54) is 78.6 Å². The Morgan fingerprint density at radius 2 is 1.55 bits per heavy atom. The molecule has 0 aromatic heterocycles. The van der Waals surface area contributed by atoms with Crippen molar-refractivity contribution in [2.75, 3.05) is 50.1 Å². The number of amides is 2. The molecule has 3 heterocycles. The van der Waals surface area contributed by atoms with Crippen LogP contribution in [0.5, 0.6) is 11.5 Å². The summed E-state index contributed by atoms with van der Waals surface area (Å²) in [7, 11) is 1.81. The zero-order valence-electron chi connectivity index (χ0n) is 32.7. The maximum atomic E-state index is 12.1. The number of anilines is 2. The van der Waals surface area contributed by atoms with E-state index in [1.807, 2.05) is 19.2 Å². The normalized spacial score (nSPS) is 24.3. The van der Waals surface area contributed by atoms with E-state index in [4.69, 9.17) is 4.74 Å². The molecule has 0 unspecified atom stereocenters. The molecule has 8 heteroatoms. The van der Waals surface area contributed by atoms with Crippen molar-refractivity contribution in [3.05, 3.63) is 119 Å². The second-order valence-corrected chi connectivity index (χ2v) is 17.4. The second kappa shape index (κ2) is 15.6. The number of imide groups is 1. The fourth-order valence-corrected chi connectivity index (χ4v) is 11.0. The SMILES string of the molecule is COc1cc(N2CCC3(CC2)CC(CN2CCC(c4ccc(N[C@@H]5CCC(=O)NC5=O)cc4)CC2)C3)ccc1[C@@H]1c2ccc(O)cc2CC[C@@H]1c1ccccc1. The molecule has 4 fully saturated rings. The van der Waals surface area contributed by atoms with Crippen molar-refractivity contribution in [1.82, 2.24) is 10.2 Å². The van der Waals surface area contributed by atoms with E-state index in [2.05, 4.69) is 99.3 Å². The third kappa shape index (κ3) is 7.52. The minimum atomic E-state index is -0.347. The molecule has 1 spiro atoms. The molecule has 4 aromatic rings. The molecule has 1 saturated carbocycles. The first-order valence-electron chi connectivity index (χ1n) is 21.1. The first-order valence-corrected chi connectivity index (χ1v) is 21.1. The van der Waals surface area contributed by atoms with Gasteiger partial charge in [0, 0.05) is 55.0 Å². The molecule has 9 rings (SSSR count). The molecule has 0 radical (unpaired) electrons. The number of aryl methyl sites for hydroxylation is 1. The summed E-state index contributed by atoms with van der Waals surface area (Å²) >= 11 is 0. The molecule has 5 aliphatic rings. The predicted molar refractivity (Wildman–Crippen MR) is 222 cm³/mol. The topological polar surface area (TPSA) is 94.1 Å². The van der Waals surface area contributed by atoms with E-state index in [1.54, 1.807) is 0 Å². The zero-order valence-corrected chi connectivity index (χ0v) is 32.7. The Morgan fingerprint density at radius 3 is 2.29 bits per heavy atom. The van der Waals surface area contributed by atoms with Crippen molar-refractivity contribution in [2.24, 2.45) is 11.3 Å². The number of carbonyl (C=O) groups excluding carboxylic acids is 2. The van der Waals surface area contributed by atoms with E-state index in [0.29, 0.717) is 35.8 Å². The summed E-state index contributed by atoms with van der Waals surface area (Å²) in [5.74, 6) is 2.79. The minimum absolute atomic E-state index is 0.163. The molecule has 3 atom stereocenters. The number of aromatic hydroxyl groups is 1. The number of hydrogen-bond acceptors (Lipinski definition) is 7. The Bertz CT molecular complexity index is 2030. The summed E-state index contributed by atoms with van der Waals surface area (Å²) in [5, 5.41) is 16.0. The van der Waals surface area contributed by atoms with Crippen molar-refractivity contribution in [3.63, 3.8) is 0 Å². The maximum Gasteiger partial charge on any atom is 0.249 e. The number of fused-ring (bicyclic) bond motifs is 1.